The van der Waals surface area contributed by atoms with Crippen molar-refractivity contribution in [2.75, 3.05) is 13.1 Å². The van der Waals surface area contributed by atoms with Crippen molar-refractivity contribution in [1.29, 1.82) is 0 Å². The van der Waals surface area contributed by atoms with E-state index < -0.39 is 15.6 Å². The number of rotatable bonds is 5. The van der Waals surface area contributed by atoms with Crippen LogP contribution >= 0.6 is 0 Å². The summed E-state index contributed by atoms with van der Waals surface area (Å²) in [6, 6.07) is 9.22. The van der Waals surface area contributed by atoms with Crippen LogP contribution in [0.1, 0.15) is 45.6 Å². The van der Waals surface area contributed by atoms with Gasteiger partial charge in [-0.15, -0.1) is 0 Å². The molecule has 1 heterocycles. The SMILES string of the molecule is CC(C)(C)OC(=O)CC1CCN(S(=O)(=O)Cc2ccccc2)CC1. The number of carbonyl (C=O) groups is 1. The van der Waals surface area contributed by atoms with Gasteiger partial charge in [-0.3, -0.25) is 4.79 Å². The van der Waals surface area contributed by atoms with E-state index in [1.54, 1.807) is 4.31 Å². The lowest BCUT2D eigenvalue weighted by molar-refractivity contribution is -0.156. The first kappa shape index (κ1) is 18.9. The lowest BCUT2D eigenvalue weighted by Gasteiger charge is -2.31. The first-order valence-electron chi connectivity index (χ1n) is 8.39. The van der Waals surface area contributed by atoms with Crippen LogP contribution in [0.3, 0.4) is 0 Å². The van der Waals surface area contributed by atoms with Crippen molar-refractivity contribution in [1.82, 2.24) is 4.31 Å². The van der Waals surface area contributed by atoms with Crippen LogP contribution in [0.5, 0.6) is 0 Å². The van der Waals surface area contributed by atoms with Gasteiger partial charge in [-0.05, 0) is 45.1 Å². The van der Waals surface area contributed by atoms with E-state index in [0.717, 1.165) is 5.56 Å². The van der Waals surface area contributed by atoms with Crippen molar-refractivity contribution in [3.8, 4) is 0 Å². The van der Waals surface area contributed by atoms with Gasteiger partial charge in [0.25, 0.3) is 0 Å². The molecule has 24 heavy (non-hydrogen) atoms. The summed E-state index contributed by atoms with van der Waals surface area (Å²) in [5, 5.41) is 0. The van der Waals surface area contributed by atoms with Crippen molar-refractivity contribution in [3.63, 3.8) is 0 Å². The molecule has 0 atom stereocenters. The van der Waals surface area contributed by atoms with Crippen LogP contribution in [0.25, 0.3) is 0 Å². The summed E-state index contributed by atoms with van der Waals surface area (Å²) in [6.45, 7) is 6.50. The number of sulfonamides is 1. The van der Waals surface area contributed by atoms with Gasteiger partial charge in [-0.2, -0.15) is 0 Å². The summed E-state index contributed by atoms with van der Waals surface area (Å²) >= 11 is 0. The maximum absolute atomic E-state index is 12.5. The Bertz CT molecular complexity index is 641. The second-order valence-corrected chi connectivity index (χ2v) is 9.34. The van der Waals surface area contributed by atoms with Crippen LogP contribution in [-0.4, -0.2) is 37.4 Å². The highest BCUT2D eigenvalue weighted by Crippen LogP contribution is 2.25. The van der Waals surface area contributed by atoms with Crippen LogP contribution in [0.4, 0.5) is 0 Å². The molecule has 1 saturated heterocycles. The highest BCUT2D eigenvalue weighted by molar-refractivity contribution is 7.88. The Hall–Kier alpha value is -1.40. The van der Waals surface area contributed by atoms with Crippen molar-refractivity contribution < 1.29 is 17.9 Å². The van der Waals surface area contributed by atoms with Crippen LogP contribution < -0.4 is 0 Å². The number of ether oxygens (including phenoxy) is 1. The van der Waals surface area contributed by atoms with Crippen LogP contribution in [0.2, 0.25) is 0 Å². The van der Waals surface area contributed by atoms with E-state index in [1.807, 2.05) is 51.1 Å². The number of nitrogens with zero attached hydrogens (tertiary/aromatic N) is 1. The Morgan fingerprint density at radius 2 is 1.75 bits per heavy atom. The number of esters is 1. The molecule has 1 aliphatic heterocycles. The molecule has 0 amide bonds. The predicted octanol–water partition coefficient (Wildman–Crippen LogP) is 2.96. The zero-order chi connectivity index (χ0) is 17.8. The molecular formula is C18H27NO4S. The summed E-state index contributed by atoms with van der Waals surface area (Å²) in [6.07, 6.45) is 1.77. The predicted molar refractivity (Wildman–Crippen MR) is 93.8 cm³/mol. The first-order chi connectivity index (χ1) is 11.2. The number of hydrogen-bond acceptors (Lipinski definition) is 4. The minimum absolute atomic E-state index is 0.0323. The van der Waals surface area contributed by atoms with Gasteiger partial charge in [0.15, 0.2) is 0 Å². The molecule has 0 N–H and O–H groups in total. The molecule has 0 saturated carbocycles. The zero-order valence-electron chi connectivity index (χ0n) is 14.7. The summed E-state index contributed by atoms with van der Waals surface area (Å²) in [5.41, 5.74) is 0.324. The molecule has 5 nitrogen and oxygen atoms in total. The van der Waals surface area contributed by atoms with E-state index in [-0.39, 0.29) is 17.6 Å². The largest absolute Gasteiger partial charge is 0.460 e. The molecule has 1 aromatic rings. The van der Waals surface area contributed by atoms with Gasteiger partial charge in [-0.25, -0.2) is 12.7 Å². The third-order valence-electron chi connectivity index (χ3n) is 4.03. The van der Waals surface area contributed by atoms with E-state index in [9.17, 15) is 13.2 Å². The molecule has 1 fully saturated rings. The number of hydrogen-bond donors (Lipinski definition) is 0. The summed E-state index contributed by atoms with van der Waals surface area (Å²) in [7, 11) is -3.30. The second-order valence-electron chi connectivity index (χ2n) is 7.37. The minimum Gasteiger partial charge on any atom is -0.460 e. The quantitative estimate of drug-likeness (QED) is 0.764. The van der Waals surface area contributed by atoms with Crippen LogP contribution in [0.15, 0.2) is 30.3 Å². The van der Waals surface area contributed by atoms with Gasteiger partial charge in [-0.1, -0.05) is 30.3 Å². The number of piperidine rings is 1. The van der Waals surface area contributed by atoms with Crippen LogP contribution in [-0.2, 0) is 25.3 Å². The third-order valence-corrected chi connectivity index (χ3v) is 5.88. The summed E-state index contributed by atoms with van der Waals surface area (Å²) in [4.78, 5) is 11.9. The Labute approximate surface area is 145 Å². The molecule has 0 spiro atoms. The molecule has 0 unspecified atom stereocenters. The monoisotopic (exact) mass is 353 g/mol. The van der Waals surface area contributed by atoms with Gasteiger partial charge in [0.05, 0.1) is 5.75 Å². The van der Waals surface area contributed by atoms with Crippen molar-refractivity contribution >= 4 is 16.0 Å². The summed E-state index contributed by atoms with van der Waals surface area (Å²) < 4.78 is 31.9. The normalized spacial score (nSPS) is 17.6. The van der Waals surface area contributed by atoms with E-state index in [4.69, 9.17) is 4.74 Å². The maximum Gasteiger partial charge on any atom is 0.306 e. The van der Waals surface area contributed by atoms with Gasteiger partial charge in [0.1, 0.15) is 5.60 Å². The van der Waals surface area contributed by atoms with Gasteiger partial charge in [0, 0.05) is 19.5 Å². The molecule has 2 rings (SSSR count). The van der Waals surface area contributed by atoms with Crippen LogP contribution in [0, 0.1) is 5.92 Å². The third kappa shape index (κ3) is 5.91. The Balaban J connectivity index is 1.85. The van der Waals surface area contributed by atoms with E-state index in [1.165, 1.54) is 0 Å². The average Bonchev–Trinajstić information content (AvgIpc) is 2.46. The van der Waals surface area contributed by atoms with E-state index in [2.05, 4.69) is 0 Å². The second kappa shape index (κ2) is 7.66. The first-order valence-corrected chi connectivity index (χ1v) is 10.0. The minimum atomic E-state index is -3.30. The van der Waals surface area contributed by atoms with Crippen molar-refractivity contribution in [3.05, 3.63) is 35.9 Å². The van der Waals surface area contributed by atoms with E-state index >= 15 is 0 Å². The molecule has 0 aromatic heterocycles. The summed E-state index contributed by atoms with van der Waals surface area (Å²) in [5.74, 6) is 0.0287. The maximum atomic E-state index is 12.5. The lowest BCUT2D eigenvalue weighted by atomic mass is 9.95. The molecule has 0 aliphatic carbocycles. The average molecular weight is 353 g/mol. The topological polar surface area (TPSA) is 63.7 Å². The fourth-order valence-corrected chi connectivity index (χ4v) is 4.45. The van der Waals surface area contributed by atoms with Gasteiger partial charge < -0.3 is 4.74 Å². The fourth-order valence-electron chi connectivity index (χ4n) is 2.89. The van der Waals surface area contributed by atoms with Gasteiger partial charge in [0.2, 0.25) is 10.0 Å². The molecule has 1 aliphatic rings. The molecule has 0 radical (unpaired) electrons. The molecule has 0 bridgehead atoms. The van der Waals surface area contributed by atoms with Crippen molar-refractivity contribution in [2.45, 2.75) is 51.4 Å². The number of benzene rings is 1. The Kier molecular flexibility index (Phi) is 6.04. The molecule has 134 valence electrons. The highest BCUT2D eigenvalue weighted by Gasteiger charge is 2.30. The highest BCUT2D eigenvalue weighted by atomic mass is 32.2. The molecule has 1 aromatic carbocycles. The standard InChI is InChI=1S/C18H27NO4S/c1-18(2,3)23-17(20)13-15-9-11-19(12-10-15)24(21,22)14-16-7-5-4-6-8-16/h4-8,15H,9-14H2,1-3H3. The van der Waals surface area contributed by atoms with Gasteiger partial charge >= 0.3 is 5.97 Å². The Morgan fingerprint density at radius 3 is 2.29 bits per heavy atom. The molecular weight excluding hydrogens is 326 g/mol. The smallest absolute Gasteiger partial charge is 0.306 e. The number of carbonyl (C=O) groups excluding carboxylic acids is 1. The Morgan fingerprint density at radius 1 is 1.17 bits per heavy atom. The fraction of sp³-hybridized carbons (Fsp3) is 0.611. The molecule has 6 heteroatoms. The zero-order valence-corrected chi connectivity index (χ0v) is 15.5. The lowest BCUT2D eigenvalue weighted by Crippen LogP contribution is -2.39. The van der Waals surface area contributed by atoms with Crippen molar-refractivity contribution in [2.24, 2.45) is 5.92 Å². The van der Waals surface area contributed by atoms with E-state index in [0.29, 0.717) is 32.4 Å².